The van der Waals surface area contributed by atoms with Crippen molar-refractivity contribution in [2.45, 2.75) is 25.7 Å². The van der Waals surface area contributed by atoms with Crippen molar-refractivity contribution < 1.29 is 9.53 Å². The van der Waals surface area contributed by atoms with Gasteiger partial charge in [-0.05, 0) is 19.8 Å². The highest BCUT2D eigenvalue weighted by Crippen LogP contribution is 2.31. The van der Waals surface area contributed by atoms with E-state index < -0.39 is 0 Å². The van der Waals surface area contributed by atoms with Crippen molar-refractivity contribution in [2.24, 2.45) is 0 Å². The Kier molecular flexibility index (Phi) is 3.09. The number of aromatic nitrogens is 4. The van der Waals surface area contributed by atoms with Crippen LogP contribution in [0.2, 0.25) is 0 Å². The molecule has 1 fully saturated rings. The van der Waals surface area contributed by atoms with Gasteiger partial charge in [0, 0.05) is 19.0 Å². The summed E-state index contributed by atoms with van der Waals surface area (Å²) in [4.78, 5) is 14.0. The number of piperidine rings is 1. The Morgan fingerprint density at radius 1 is 1.37 bits per heavy atom. The number of hydrogen-bond acceptors (Lipinski definition) is 6. The van der Waals surface area contributed by atoms with Gasteiger partial charge in [0.1, 0.15) is 5.01 Å². The lowest BCUT2D eigenvalue weighted by Gasteiger charge is -2.29. The lowest BCUT2D eigenvalue weighted by atomic mass is 9.98. The first-order chi connectivity index (χ1) is 9.19. The maximum absolute atomic E-state index is 11.4. The van der Waals surface area contributed by atoms with Crippen molar-refractivity contribution in [1.29, 1.82) is 0 Å². The molecule has 0 saturated carbocycles. The lowest BCUT2D eigenvalue weighted by molar-refractivity contribution is 0.112. The summed E-state index contributed by atoms with van der Waals surface area (Å²) in [5.41, 5.74) is 0. The highest BCUT2D eigenvalue weighted by Gasteiger charge is 2.26. The number of aryl methyl sites for hydroxylation is 1. The van der Waals surface area contributed by atoms with E-state index in [0.717, 1.165) is 41.7 Å². The molecule has 0 spiro atoms. The van der Waals surface area contributed by atoms with Gasteiger partial charge in [0.15, 0.2) is 5.82 Å². The van der Waals surface area contributed by atoms with Gasteiger partial charge >= 0.3 is 6.09 Å². The molecule has 0 bridgehead atoms. The second kappa shape index (κ2) is 4.76. The molecule has 2 aromatic heterocycles. The SMILES string of the molecule is COC(=O)N1CCC(c2nn3c(C)nnc3s2)CC1. The first-order valence-corrected chi connectivity index (χ1v) is 7.02. The van der Waals surface area contributed by atoms with Crippen LogP contribution >= 0.6 is 11.3 Å². The van der Waals surface area contributed by atoms with E-state index in [0.29, 0.717) is 5.92 Å². The summed E-state index contributed by atoms with van der Waals surface area (Å²) in [5.74, 6) is 1.21. The van der Waals surface area contributed by atoms with Gasteiger partial charge in [0.2, 0.25) is 4.96 Å². The molecule has 1 saturated heterocycles. The van der Waals surface area contributed by atoms with Crippen LogP contribution < -0.4 is 0 Å². The normalized spacial score (nSPS) is 17.1. The minimum atomic E-state index is -0.243. The molecule has 2 aromatic rings. The van der Waals surface area contributed by atoms with E-state index in [2.05, 4.69) is 15.3 Å². The fourth-order valence-electron chi connectivity index (χ4n) is 2.33. The Bertz CT molecular complexity index is 599. The van der Waals surface area contributed by atoms with Crippen LogP contribution in [0.3, 0.4) is 0 Å². The third-order valence-electron chi connectivity index (χ3n) is 3.44. The van der Waals surface area contributed by atoms with Crippen LogP contribution in [0.15, 0.2) is 0 Å². The van der Waals surface area contributed by atoms with Crippen molar-refractivity contribution >= 4 is 22.4 Å². The van der Waals surface area contributed by atoms with Crippen LogP contribution in [0.5, 0.6) is 0 Å². The summed E-state index contributed by atoms with van der Waals surface area (Å²) >= 11 is 1.58. The van der Waals surface area contributed by atoms with E-state index in [4.69, 9.17) is 4.74 Å². The van der Waals surface area contributed by atoms with Gasteiger partial charge < -0.3 is 9.64 Å². The topological polar surface area (TPSA) is 72.6 Å². The molecule has 1 aliphatic heterocycles. The van der Waals surface area contributed by atoms with Gasteiger partial charge in [0.05, 0.1) is 7.11 Å². The number of methoxy groups -OCH3 is 1. The van der Waals surface area contributed by atoms with Gasteiger partial charge in [-0.3, -0.25) is 0 Å². The van der Waals surface area contributed by atoms with E-state index in [1.54, 1.807) is 20.8 Å². The molecule has 3 rings (SSSR count). The largest absolute Gasteiger partial charge is 0.453 e. The quantitative estimate of drug-likeness (QED) is 0.791. The molecule has 0 radical (unpaired) electrons. The van der Waals surface area contributed by atoms with Gasteiger partial charge in [-0.2, -0.15) is 9.61 Å². The zero-order valence-corrected chi connectivity index (χ0v) is 11.7. The number of amides is 1. The fourth-order valence-corrected chi connectivity index (χ4v) is 3.39. The van der Waals surface area contributed by atoms with Crippen molar-refractivity contribution in [3.8, 4) is 0 Å². The smallest absolute Gasteiger partial charge is 0.409 e. The molecule has 1 aliphatic rings. The summed E-state index contributed by atoms with van der Waals surface area (Å²) in [6.45, 7) is 3.33. The standard InChI is InChI=1S/C11H15N5O2S/c1-7-12-13-10-16(7)14-9(19-10)8-3-5-15(6-4-8)11(17)18-2/h8H,3-6H2,1-2H3. The molecular formula is C11H15N5O2S. The molecule has 0 unspecified atom stereocenters. The third-order valence-corrected chi connectivity index (χ3v) is 4.50. The first kappa shape index (κ1) is 12.3. The highest BCUT2D eigenvalue weighted by molar-refractivity contribution is 7.16. The minimum Gasteiger partial charge on any atom is -0.453 e. The zero-order chi connectivity index (χ0) is 13.4. The number of hydrogen-bond donors (Lipinski definition) is 0. The average Bonchev–Trinajstić information content (AvgIpc) is 3.01. The van der Waals surface area contributed by atoms with Crippen molar-refractivity contribution in [2.75, 3.05) is 20.2 Å². The maximum Gasteiger partial charge on any atom is 0.409 e. The summed E-state index contributed by atoms with van der Waals surface area (Å²) in [6, 6.07) is 0. The Hall–Kier alpha value is -1.70. The monoisotopic (exact) mass is 281 g/mol. The molecule has 8 heteroatoms. The summed E-state index contributed by atoms with van der Waals surface area (Å²) in [7, 11) is 1.42. The van der Waals surface area contributed by atoms with Gasteiger partial charge in [-0.25, -0.2) is 4.79 Å². The van der Waals surface area contributed by atoms with Crippen molar-refractivity contribution in [3.05, 3.63) is 10.8 Å². The Morgan fingerprint density at radius 2 is 2.11 bits per heavy atom. The molecule has 0 aliphatic carbocycles. The van der Waals surface area contributed by atoms with E-state index >= 15 is 0 Å². The number of likely N-dealkylation sites (tertiary alicyclic amines) is 1. The van der Waals surface area contributed by atoms with Crippen molar-refractivity contribution in [1.82, 2.24) is 24.7 Å². The second-order valence-corrected chi connectivity index (χ2v) is 5.60. The lowest BCUT2D eigenvalue weighted by Crippen LogP contribution is -2.37. The third kappa shape index (κ3) is 2.16. The Labute approximate surface area is 114 Å². The maximum atomic E-state index is 11.4. The summed E-state index contributed by atoms with van der Waals surface area (Å²) in [6.07, 6.45) is 1.59. The van der Waals surface area contributed by atoms with Gasteiger partial charge in [-0.1, -0.05) is 11.3 Å². The Balaban J connectivity index is 1.72. The number of nitrogens with zero attached hydrogens (tertiary/aromatic N) is 5. The van der Waals surface area contributed by atoms with E-state index in [9.17, 15) is 4.79 Å². The number of carbonyl (C=O) groups is 1. The number of rotatable bonds is 1. The Morgan fingerprint density at radius 3 is 2.74 bits per heavy atom. The molecule has 0 aromatic carbocycles. The van der Waals surface area contributed by atoms with Gasteiger partial charge in [-0.15, -0.1) is 10.2 Å². The van der Waals surface area contributed by atoms with E-state index in [1.165, 1.54) is 7.11 Å². The van der Waals surface area contributed by atoms with Crippen LogP contribution in [-0.4, -0.2) is 51.0 Å². The minimum absolute atomic E-state index is 0.243. The second-order valence-electron chi connectivity index (χ2n) is 4.61. The van der Waals surface area contributed by atoms with E-state index in [1.807, 2.05) is 6.92 Å². The zero-order valence-electron chi connectivity index (χ0n) is 10.9. The van der Waals surface area contributed by atoms with Gasteiger partial charge in [0.25, 0.3) is 0 Å². The summed E-state index contributed by atoms with van der Waals surface area (Å²) < 4.78 is 6.52. The summed E-state index contributed by atoms with van der Waals surface area (Å²) in [5, 5.41) is 13.7. The molecule has 3 heterocycles. The van der Waals surface area contributed by atoms with Crippen LogP contribution in [0.25, 0.3) is 4.96 Å². The fraction of sp³-hybridized carbons (Fsp3) is 0.636. The first-order valence-electron chi connectivity index (χ1n) is 6.20. The number of fused-ring (bicyclic) bond motifs is 1. The molecule has 1 amide bonds. The molecule has 19 heavy (non-hydrogen) atoms. The molecule has 0 atom stereocenters. The molecule has 7 nitrogen and oxygen atoms in total. The number of ether oxygens (including phenoxy) is 1. The van der Waals surface area contributed by atoms with Crippen LogP contribution in [0.4, 0.5) is 4.79 Å². The highest BCUT2D eigenvalue weighted by atomic mass is 32.1. The molecular weight excluding hydrogens is 266 g/mol. The molecule has 102 valence electrons. The van der Waals surface area contributed by atoms with E-state index in [-0.39, 0.29) is 6.09 Å². The predicted molar refractivity (Wildman–Crippen MR) is 69.3 cm³/mol. The van der Waals surface area contributed by atoms with Crippen molar-refractivity contribution in [3.63, 3.8) is 0 Å². The number of carbonyl (C=O) groups excluding carboxylic acids is 1. The van der Waals surface area contributed by atoms with Crippen LogP contribution in [-0.2, 0) is 4.74 Å². The van der Waals surface area contributed by atoms with Crippen LogP contribution in [0.1, 0.15) is 29.6 Å². The van der Waals surface area contributed by atoms with Crippen LogP contribution in [0, 0.1) is 6.92 Å². The predicted octanol–water partition coefficient (Wildman–Crippen LogP) is 1.44. The molecule has 0 N–H and O–H groups in total. The average molecular weight is 281 g/mol.